The molecule has 0 radical (unpaired) electrons. The summed E-state index contributed by atoms with van der Waals surface area (Å²) < 4.78 is 0. The van der Waals surface area contributed by atoms with Crippen molar-refractivity contribution >= 4 is 17.3 Å². The summed E-state index contributed by atoms with van der Waals surface area (Å²) in [5.74, 6) is 0.456. The molecule has 0 saturated carbocycles. The molecule has 0 aliphatic carbocycles. The highest BCUT2D eigenvalue weighted by Gasteiger charge is 2.41. The molecule has 1 atom stereocenters. The Hall–Kier alpha value is -2.08. The zero-order valence-corrected chi connectivity index (χ0v) is 17.7. The zero-order chi connectivity index (χ0) is 20.6. The fraction of sp³-hybridized carbons (Fsp3) is 0.435. The molecule has 0 bridgehead atoms. The predicted molar refractivity (Wildman–Crippen MR) is 117 cm³/mol. The molecule has 1 saturated heterocycles. The van der Waals surface area contributed by atoms with E-state index in [0.717, 1.165) is 37.2 Å². The van der Waals surface area contributed by atoms with Crippen LogP contribution in [0.5, 0.6) is 11.5 Å². The van der Waals surface area contributed by atoms with E-state index >= 15 is 0 Å². The van der Waals surface area contributed by atoms with E-state index in [-0.39, 0.29) is 17.5 Å². The first-order valence-corrected chi connectivity index (χ1v) is 10.6. The third kappa shape index (κ3) is 4.13. The molecule has 2 aromatic carbocycles. The molecule has 1 unspecified atom stereocenters. The second-order valence-electron chi connectivity index (χ2n) is 8.34. The van der Waals surface area contributed by atoms with E-state index in [4.69, 9.17) is 16.6 Å². The van der Waals surface area contributed by atoms with Gasteiger partial charge in [0.1, 0.15) is 17.2 Å². The number of halogens is 1. The van der Waals surface area contributed by atoms with Crippen molar-refractivity contribution in [2.75, 3.05) is 13.1 Å². The first kappa shape index (κ1) is 20.2. The second kappa shape index (κ2) is 7.98. The number of piperidine rings is 1. The minimum absolute atomic E-state index is 0.0901. The summed E-state index contributed by atoms with van der Waals surface area (Å²) in [7, 11) is 0. The van der Waals surface area contributed by atoms with Crippen LogP contribution in [0.2, 0.25) is 5.02 Å². The molecule has 2 aliphatic rings. The number of aromatic hydroxyl groups is 2. The van der Waals surface area contributed by atoms with Gasteiger partial charge in [0.15, 0.2) is 0 Å². The molecule has 2 aromatic rings. The minimum Gasteiger partial charge on any atom is -0.508 e. The van der Waals surface area contributed by atoms with E-state index in [0.29, 0.717) is 23.0 Å². The van der Waals surface area contributed by atoms with Gasteiger partial charge >= 0.3 is 0 Å². The van der Waals surface area contributed by atoms with Gasteiger partial charge in [-0.15, -0.1) is 0 Å². The quantitative estimate of drug-likeness (QED) is 0.694. The fourth-order valence-corrected chi connectivity index (χ4v) is 4.62. The molecule has 2 aliphatic heterocycles. The lowest BCUT2D eigenvalue weighted by Crippen LogP contribution is -2.56. The van der Waals surface area contributed by atoms with Crippen LogP contribution in [0.1, 0.15) is 50.3 Å². The summed E-state index contributed by atoms with van der Waals surface area (Å²) in [6.45, 7) is 6.35. The van der Waals surface area contributed by atoms with Crippen molar-refractivity contribution in [3.05, 3.63) is 58.6 Å². The number of nitrogens with one attached hydrogen (secondary N) is 1. The molecule has 1 spiro atoms. The molecule has 4 rings (SSSR count). The molecule has 2 heterocycles. The van der Waals surface area contributed by atoms with Gasteiger partial charge in [-0.25, -0.2) is 0 Å². The van der Waals surface area contributed by atoms with Crippen LogP contribution in [-0.4, -0.2) is 45.6 Å². The number of hydrogen-bond acceptors (Lipinski definition) is 5. The molecule has 29 heavy (non-hydrogen) atoms. The Morgan fingerprint density at radius 1 is 1.10 bits per heavy atom. The van der Waals surface area contributed by atoms with E-state index in [9.17, 15) is 10.2 Å². The third-order valence-corrected chi connectivity index (χ3v) is 6.36. The monoisotopic (exact) mass is 413 g/mol. The number of hydrogen-bond donors (Lipinski definition) is 3. The summed E-state index contributed by atoms with van der Waals surface area (Å²) in [5.41, 5.74) is 1.94. The van der Waals surface area contributed by atoms with Crippen LogP contribution in [-0.2, 0) is 0 Å². The Morgan fingerprint density at radius 2 is 1.83 bits per heavy atom. The molecule has 6 heteroatoms. The van der Waals surface area contributed by atoms with Crippen molar-refractivity contribution in [3.63, 3.8) is 0 Å². The summed E-state index contributed by atoms with van der Waals surface area (Å²) in [6.07, 6.45) is 2.32. The Morgan fingerprint density at radius 3 is 2.52 bits per heavy atom. The number of benzene rings is 2. The predicted octanol–water partition coefficient (Wildman–Crippen LogP) is 4.48. The van der Waals surface area contributed by atoms with Crippen molar-refractivity contribution in [1.82, 2.24) is 10.2 Å². The summed E-state index contributed by atoms with van der Waals surface area (Å²) in [4.78, 5) is 7.58. The lowest BCUT2D eigenvalue weighted by atomic mass is 9.87. The smallest absolute Gasteiger partial charge is 0.124 e. The van der Waals surface area contributed by atoms with Gasteiger partial charge in [0.05, 0.1) is 0 Å². The average Bonchev–Trinajstić information content (AvgIpc) is 2.70. The first-order valence-electron chi connectivity index (χ1n) is 10.2. The maximum Gasteiger partial charge on any atom is 0.124 e. The molecule has 3 N–H and O–H groups in total. The molecular formula is C23H28ClN3O2. The van der Waals surface area contributed by atoms with E-state index in [1.807, 2.05) is 18.2 Å². The van der Waals surface area contributed by atoms with Gasteiger partial charge in [0, 0.05) is 53.5 Å². The highest BCUT2D eigenvalue weighted by Crippen LogP contribution is 2.39. The van der Waals surface area contributed by atoms with Crippen LogP contribution in [0.4, 0.5) is 0 Å². The van der Waals surface area contributed by atoms with Crippen LogP contribution in [0.3, 0.4) is 0 Å². The maximum atomic E-state index is 10.5. The second-order valence-corrected chi connectivity index (χ2v) is 8.78. The molecule has 0 aromatic heterocycles. The van der Waals surface area contributed by atoms with Crippen molar-refractivity contribution < 1.29 is 10.2 Å². The summed E-state index contributed by atoms with van der Waals surface area (Å²) in [6, 6.07) is 12.9. The normalized spacial score (nSPS) is 22.1. The van der Waals surface area contributed by atoms with Crippen LogP contribution >= 0.6 is 11.6 Å². The van der Waals surface area contributed by atoms with Crippen LogP contribution in [0, 0.1) is 0 Å². The molecule has 5 nitrogen and oxygen atoms in total. The number of phenolic OH excluding ortho intramolecular Hbond substituents is 2. The molecule has 154 valence electrons. The summed E-state index contributed by atoms with van der Waals surface area (Å²) in [5, 5.41) is 25.2. The number of aliphatic imine (C=N–C) groups is 1. The van der Waals surface area contributed by atoms with Gasteiger partial charge in [0.2, 0.25) is 0 Å². The minimum atomic E-state index is -0.416. The summed E-state index contributed by atoms with van der Waals surface area (Å²) >= 11 is 6.22. The SMILES string of the molecule is CC(C)N1CCC2(CC1)N=C(c1cc(Cl)ccc1O)CC(c1ccccc1O)N2. The Bertz CT molecular complexity index is 920. The number of nitrogens with zero attached hydrogens (tertiary/aromatic N) is 2. The average molecular weight is 414 g/mol. The highest BCUT2D eigenvalue weighted by atomic mass is 35.5. The number of rotatable bonds is 3. The Balaban J connectivity index is 1.74. The van der Waals surface area contributed by atoms with Gasteiger partial charge in [-0.1, -0.05) is 29.8 Å². The number of likely N-dealkylation sites (tertiary alicyclic amines) is 1. The fourth-order valence-electron chi connectivity index (χ4n) is 4.45. The van der Waals surface area contributed by atoms with Crippen LogP contribution < -0.4 is 5.32 Å². The van der Waals surface area contributed by atoms with E-state index in [1.54, 1.807) is 24.3 Å². The largest absolute Gasteiger partial charge is 0.508 e. The van der Waals surface area contributed by atoms with Crippen LogP contribution in [0.15, 0.2) is 47.5 Å². The van der Waals surface area contributed by atoms with Crippen molar-refractivity contribution in [2.45, 2.75) is 50.9 Å². The van der Waals surface area contributed by atoms with Gasteiger partial charge in [0.25, 0.3) is 0 Å². The molecule has 1 fully saturated rings. The lowest BCUT2D eigenvalue weighted by Gasteiger charge is -2.46. The van der Waals surface area contributed by atoms with Crippen LogP contribution in [0.25, 0.3) is 0 Å². The van der Waals surface area contributed by atoms with Gasteiger partial charge in [-0.3, -0.25) is 10.3 Å². The zero-order valence-electron chi connectivity index (χ0n) is 16.9. The number of phenols is 2. The van der Waals surface area contributed by atoms with E-state index in [1.165, 1.54) is 0 Å². The van der Waals surface area contributed by atoms with Crippen molar-refractivity contribution in [2.24, 2.45) is 4.99 Å². The Kier molecular flexibility index (Phi) is 5.56. The number of para-hydroxylation sites is 1. The van der Waals surface area contributed by atoms with Crippen molar-refractivity contribution in [3.8, 4) is 11.5 Å². The maximum absolute atomic E-state index is 10.5. The molecular weight excluding hydrogens is 386 g/mol. The van der Waals surface area contributed by atoms with Gasteiger partial charge in [-0.2, -0.15) is 0 Å². The standard InChI is InChI=1S/C23H28ClN3O2/c1-15(2)27-11-9-23(10-12-27)25-19(17-5-3-4-6-21(17)28)14-20(26-23)18-13-16(24)7-8-22(18)29/h3-8,13,15,19,25,28-29H,9-12,14H2,1-2H3. The van der Waals surface area contributed by atoms with Gasteiger partial charge < -0.3 is 15.1 Å². The highest BCUT2D eigenvalue weighted by molar-refractivity contribution is 6.31. The topological polar surface area (TPSA) is 68.1 Å². The van der Waals surface area contributed by atoms with Crippen molar-refractivity contribution in [1.29, 1.82) is 0 Å². The Labute approximate surface area is 177 Å². The van der Waals surface area contributed by atoms with E-state index < -0.39 is 5.66 Å². The first-order chi connectivity index (χ1) is 13.9. The third-order valence-electron chi connectivity index (χ3n) is 6.13. The molecule has 0 amide bonds. The van der Waals surface area contributed by atoms with E-state index in [2.05, 4.69) is 24.1 Å². The van der Waals surface area contributed by atoms with Gasteiger partial charge in [-0.05, 0) is 51.0 Å². The lowest BCUT2D eigenvalue weighted by molar-refractivity contribution is 0.103.